The molecular weight excluding hydrogens is 919 g/mol. The van der Waals surface area contributed by atoms with E-state index in [1.807, 2.05) is 37.1 Å². The van der Waals surface area contributed by atoms with Crippen molar-refractivity contribution in [2.24, 2.45) is 13.0 Å². The van der Waals surface area contributed by atoms with Gasteiger partial charge in [0.2, 0.25) is 17.7 Å². The van der Waals surface area contributed by atoms with E-state index in [0.29, 0.717) is 66.5 Å². The molecule has 5 aromatic rings. The number of pyridine rings is 2. The number of nitrogens with one attached hydrogen (secondary N) is 2. The molecule has 72 heavy (non-hydrogen) atoms. The first-order valence-corrected chi connectivity index (χ1v) is 25.4. The van der Waals surface area contributed by atoms with E-state index in [0.717, 1.165) is 84.8 Å². The Balaban J connectivity index is 0.718. The number of anilines is 2. The smallest absolute Gasteiger partial charge is 0.257 e. The molecule has 0 spiro atoms. The minimum atomic E-state index is -0.837. The van der Waals surface area contributed by atoms with Gasteiger partial charge in [-0.3, -0.25) is 53.5 Å². The fraction of sp³-hybridized carbons (Fsp3) is 0.455. The van der Waals surface area contributed by atoms with Crippen LogP contribution < -0.4 is 21.1 Å². The number of aryl methyl sites for hydroxylation is 2. The van der Waals surface area contributed by atoms with Crippen LogP contribution in [0.25, 0.3) is 22.3 Å². The molecule has 2 N–H and O–H groups in total. The summed E-state index contributed by atoms with van der Waals surface area (Å²) in [5, 5.41) is 6.22. The Kier molecular flexibility index (Phi) is 13.5. The van der Waals surface area contributed by atoms with E-state index < -0.39 is 23.7 Å². The van der Waals surface area contributed by atoms with Crippen molar-refractivity contribution >= 4 is 51.6 Å². The lowest BCUT2D eigenvalue weighted by Gasteiger charge is -2.42. The Morgan fingerprint density at radius 2 is 1.71 bits per heavy atom. The molecule has 0 bridgehead atoms. The van der Waals surface area contributed by atoms with Crippen molar-refractivity contribution in [1.82, 2.24) is 39.0 Å². The average molecular weight is 983 g/mol. The number of carbonyl (C=O) groups is 4. The number of piperazine rings is 1. The number of fused-ring (bicyclic) bond motifs is 2. The van der Waals surface area contributed by atoms with Crippen LogP contribution in [-0.4, -0.2) is 129 Å². The van der Waals surface area contributed by atoms with Crippen molar-refractivity contribution in [3.05, 3.63) is 123 Å². The van der Waals surface area contributed by atoms with Crippen LogP contribution in [0.5, 0.6) is 0 Å². The lowest BCUT2D eigenvalue weighted by atomic mass is 9.92. The summed E-state index contributed by atoms with van der Waals surface area (Å²) in [7, 11) is 3.78. The number of rotatable bonds is 11. The summed E-state index contributed by atoms with van der Waals surface area (Å²) in [6, 6.07) is 13.2. The third-order valence-corrected chi connectivity index (χ3v) is 16.2. The highest BCUT2D eigenvalue weighted by Crippen LogP contribution is 2.42. The molecule has 2 aromatic carbocycles. The Morgan fingerprint density at radius 1 is 0.917 bits per heavy atom. The molecule has 4 amide bonds. The Labute approximate surface area is 418 Å². The van der Waals surface area contributed by atoms with Crippen LogP contribution >= 0.6 is 0 Å². The van der Waals surface area contributed by atoms with Gasteiger partial charge < -0.3 is 14.8 Å². The molecule has 3 fully saturated rings. The van der Waals surface area contributed by atoms with Crippen molar-refractivity contribution in [2.75, 3.05) is 69.6 Å². The fourth-order valence-electron chi connectivity index (χ4n) is 12.0. The van der Waals surface area contributed by atoms with Crippen molar-refractivity contribution in [1.29, 1.82) is 0 Å². The molecule has 3 aromatic heterocycles. The standard InChI is InChI=1S/C55H64F2N10O5/c1-32-23-38(25-44(57)51(32)37-12-18-63(19-13-37)35(4)47-27-42-45(9-15-59-52(42)61(47)6)66-20-14-40(58-5)26-50(66)69)55(72)64-16-10-36(11-17-64)30-65-22-21-62(29-33(65)2)31-39-24-41-34(3)54(71)67(48(41)28-43(39)56)46-7-8-49(68)60-53(46)70/h9,12,14-15,20,23-28,33-36,46,58H,7-8,10-11,13,16-19,21-22,29-31H2,1-6H3,(H,60,68,70)/t33-,34?,35-,46-/m0/s1. The summed E-state index contributed by atoms with van der Waals surface area (Å²) in [6.45, 7) is 14.2. The van der Waals surface area contributed by atoms with Gasteiger partial charge >= 0.3 is 0 Å². The number of piperidine rings is 2. The highest BCUT2D eigenvalue weighted by atomic mass is 19.1. The van der Waals surface area contributed by atoms with Gasteiger partial charge in [-0.05, 0) is 118 Å². The summed E-state index contributed by atoms with van der Waals surface area (Å²) in [5.41, 5.74) is 7.49. The molecule has 8 heterocycles. The van der Waals surface area contributed by atoms with E-state index in [1.165, 1.54) is 17.0 Å². The number of halogens is 2. The summed E-state index contributed by atoms with van der Waals surface area (Å²) in [5.74, 6) is -2.21. The van der Waals surface area contributed by atoms with Gasteiger partial charge in [-0.1, -0.05) is 6.08 Å². The van der Waals surface area contributed by atoms with Crippen molar-refractivity contribution < 1.29 is 28.0 Å². The van der Waals surface area contributed by atoms with E-state index in [4.69, 9.17) is 0 Å². The Bertz CT molecular complexity index is 3060. The van der Waals surface area contributed by atoms with Gasteiger partial charge in [-0.25, -0.2) is 13.8 Å². The molecule has 15 nitrogen and oxygen atoms in total. The lowest BCUT2D eigenvalue weighted by molar-refractivity contribution is -0.135. The van der Waals surface area contributed by atoms with Gasteiger partial charge in [-0.2, -0.15) is 0 Å². The lowest BCUT2D eigenvalue weighted by Crippen LogP contribution is -2.53. The zero-order valence-electron chi connectivity index (χ0n) is 42.0. The van der Waals surface area contributed by atoms with E-state index in [2.05, 4.69) is 60.9 Å². The molecule has 378 valence electrons. The topological polar surface area (TPSA) is 148 Å². The first-order valence-electron chi connectivity index (χ1n) is 25.4. The number of imide groups is 1. The second kappa shape index (κ2) is 19.8. The number of likely N-dealkylation sites (tertiary alicyclic amines) is 1. The Hall–Kier alpha value is -6.56. The summed E-state index contributed by atoms with van der Waals surface area (Å²) >= 11 is 0. The van der Waals surface area contributed by atoms with Gasteiger partial charge in [0.05, 0.1) is 17.3 Å². The molecule has 5 aliphatic rings. The van der Waals surface area contributed by atoms with Crippen molar-refractivity contribution in [3.8, 4) is 5.69 Å². The highest BCUT2D eigenvalue weighted by molar-refractivity contribution is 6.12. The normalized spacial score (nSPS) is 22.1. The predicted molar refractivity (Wildman–Crippen MR) is 273 cm³/mol. The predicted octanol–water partition coefficient (Wildman–Crippen LogP) is 6.52. The van der Waals surface area contributed by atoms with Gasteiger partial charge in [0.25, 0.3) is 11.5 Å². The highest BCUT2D eigenvalue weighted by Gasteiger charge is 2.44. The van der Waals surface area contributed by atoms with Crippen LogP contribution in [0.1, 0.15) is 103 Å². The van der Waals surface area contributed by atoms with Crippen molar-refractivity contribution in [2.45, 2.75) is 90.4 Å². The minimum absolute atomic E-state index is 0.0192. The summed E-state index contributed by atoms with van der Waals surface area (Å²) in [4.78, 5) is 79.7. The van der Waals surface area contributed by atoms with Gasteiger partial charge in [0.15, 0.2) is 0 Å². The van der Waals surface area contributed by atoms with E-state index in [9.17, 15) is 24.0 Å². The fourth-order valence-corrected chi connectivity index (χ4v) is 12.0. The number of hydrogen-bond donors (Lipinski definition) is 2. The SMILES string of the molecule is CNc1ccn(-c2ccnc3c2cc([C@H](C)N2CC=C(c4c(C)cc(C(=O)N5CCC(CN6CCN(Cc7cc8c(cc7F)N([C@H]7CCC(=O)NC7=O)C(=O)C8C)C[C@@H]6C)CC5)cc4F)CC2)n3C)c(=O)c1. The molecule has 17 heteroatoms. The third-order valence-electron chi connectivity index (χ3n) is 16.2. The largest absolute Gasteiger partial charge is 0.388 e. The average Bonchev–Trinajstić information content (AvgIpc) is 3.82. The zero-order chi connectivity index (χ0) is 50.7. The molecule has 0 radical (unpaired) electrons. The first-order chi connectivity index (χ1) is 34.6. The molecular formula is C55H64F2N10O5. The molecule has 5 aliphatic heterocycles. The number of aromatic nitrogens is 3. The zero-order valence-corrected chi connectivity index (χ0v) is 42.0. The van der Waals surface area contributed by atoms with Crippen LogP contribution in [0, 0.1) is 24.5 Å². The van der Waals surface area contributed by atoms with Crippen LogP contribution in [-0.2, 0) is 28.0 Å². The summed E-state index contributed by atoms with van der Waals surface area (Å²) < 4.78 is 35.6. The maximum atomic E-state index is 16.1. The quantitative estimate of drug-likeness (QED) is 0.140. The number of nitrogens with zero attached hydrogens (tertiary/aromatic N) is 8. The number of hydrogen-bond acceptors (Lipinski definition) is 10. The van der Waals surface area contributed by atoms with Crippen LogP contribution in [0.3, 0.4) is 0 Å². The second-order valence-electron chi connectivity index (χ2n) is 20.6. The van der Waals surface area contributed by atoms with Gasteiger partial charge in [0, 0.05) is 143 Å². The monoisotopic (exact) mass is 983 g/mol. The van der Waals surface area contributed by atoms with Crippen LogP contribution in [0.4, 0.5) is 20.2 Å². The van der Waals surface area contributed by atoms with Crippen molar-refractivity contribution in [3.63, 3.8) is 0 Å². The molecule has 3 saturated heterocycles. The summed E-state index contributed by atoms with van der Waals surface area (Å²) in [6.07, 6.45) is 8.31. The molecule has 4 atom stereocenters. The van der Waals surface area contributed by atoms with Crippen LogP contribution in [0.2, 0.25) is 0 Å². The maximum absolute atomic E-state index is 16.1. The third kappa shape index (κ3) is 9.15. The van der Waals surface area contributed by atoms with Crippen LogP contribution in [0.15, 0.2) is 71.8 Å². The van der Waals surface area contributed by atoms with Gasteiger partial charge in [-0.15, -0.1) is 0 Å². The number of amides is 4. The Morgan fingerprint density at radius 3 is 2.40 bits per heavy atom. The van der Waals surface area contributed by atoms with Gasteiger partial charge in [0.1, 0.15) is 23.3 Å². The minimum Gasteiger partial charge on any atom is -0.388 e. The van der Waals surface area contributed by atoms with E-state index >= 15 is 8.78 Å². The molecule has 1 unspecified atom stereocenters. The second-order valence-corrected chi connectivity index (χ2v) is 20.6. The first kappa shape index (κ1) is 49.0. The molecule has 10 rings (SSSR count). The van der Waals surface area contributed by atoms with E-state index in [1.54, 1.807) is 43.1 Å². The number of carbonyl (C=O) groups excluding carboxylic acids is 4. The number of benzene rings is 2. The maximum Gasteiger partial charge on any atom is 0.257 e. The molecule has 0 aliphatic carbocycles. The molecule has 0 saturated carbocycles. The van der Waals surface area contributed by atoms with E-state index in [-0.39, 0.29) is 54.0 Å².